The molecule has 2 aromatic heterocycles. The van der Waals surface area contributed by atoms with Crippen molar-refractivity contribution < 1.29 is 13.9 Å². The minimum absolute atomic E-state index is 0.337. The van der Waals surface area contributed by atoms with Crippen LogP contribution in [0, 0.1) is 5.82 Å². The minimum atomic E-state index is -0.440. The van der Waals surface area contributed by atoms with Crippen LogP contribution in [0.25, 0.3) is 16.3 Å². The Morgan fingerprint density at radius 3 is 3.04 bits per heavy atom. The maximum Gasteiger partial charge on any atom is 0.407 e. The smallest absolute Gasteiger partial charge is 0.407 e. The predicted molar refractivity (Wildman–Crippen MR) is 85.0 cm³/mol. The summed E-state index contributed by atoms with van der Waals surface area (Å²) in [4.78, 5) is 16.3. The molecule has 0 aliphatic heterocycles. The molecule has 0 saturated carbocycles. The lowest BCUT2D eigenvalue weighted by atomic mass is 10.2. The van der Waals surface area contributed by atoms with Crippen molar-refractivity contribution in [1.82, 2.24) is 19.9 Å². The average molecular weight is 334 g/mol. The molecule has 0 aliphatic rings. The van der Waals surface area contributed by atoms with E-state index in [0.717, 1.165) is 5.69 Å². The van der Waals surface area contributed by atoms with Crippen molar-refractivity contribution in [3.63, 3.8) is 0 Å². The van der Waals surface area contributed by atoms with Gasteiger partial charge in [0.05, 0.1) is 17.9 Å². The van der Waals surface area contributed by atoms with Crippen molar-refractivity contribution in [3.05, 3.63) is 41.2 Å². The van der Waals surface area contributed by atoms with Crippen molar-refractivity contribution in [2.45, 2.75) is 13.3 Å². The Morgan fingerprint density at radius 2 is 2.26 bits per heavy atom. The van der Waals surface area contributed by atoms with Gasteiger partial charge < -0.3 is 10.1 Å². The SMILES string of the molecule is CCOC(=O)NCCc1csc2nc(-c3ccccc3F)nn12. The molecular weight excluding hydrogens is 319 g/mol. The highest BCUT2D eigenvalue weighted by molar-refractivity contribution is 7.15. The highest BCUT2D eigenvalue weighted by atomic mass is 32.1. The number of carbonyl (C=O) groups excluding carboxylic acids is 1. The fourth-order valence-electron chi connectivity index (χ4n) is 2.13. The van der Waals surface area contributed by atoms with Crippen molar-refractivity contribution in [2.75, 3.05) is 13.2 Å². The van der Waals surface area contributed by atoms with Crippen molar-refractivity contribution in [1.29, 1.82) is 0 Å². The average Bonchev–Trinajstić information content (AvgIpc) is 3.10. The first-order valence-electron chi connectivity index (χ1n) is 7.17. The van der Waals surface area contributed by atoms with Crippen molar-refractivity contribution in [3.8, 4) is 11.4 Å². The number of hydrogen-bond acceptors (Lipinski definition) is 5. The summed E-state index contributed by atoms with van der Waals surface area (Å²) in [5.74, 6) is 0.00540. The van der Waals surface area contributed by atoms with Crippen molar-refractivity contribution >= 4 is 22.4 Å². The molecule has 0 aliphatic carbocycles. The maximum atomic E-state index is 13.8. The molecule has 0 fully saturated rings. The zero-order valence-electron chi connectivity index (χ0n) is 12.5. The van der Waals surface area contributed by atoms with Gasteiger partial charge in [-0.1, -0.05) is 12.1 Å². The van der Waals surface area contributed by atoms with Gasteiger partial charge >= 0.3 is 6.09 Å². The van der Waals surface area contributed by atoms with Crippen LogP contribution in [0.2, 0.25) is 0 Å². The third-order valence-corrected chi connectivity index (χ3v) is 4.06. The summed E-state index contributed by atoms with van der Waals surface area (Å²) < 4.78 is 20.3. The molecule has 0 atom stereocenters. The Hall–Kier alpha value is -2.48. The van der Waals surface area contributed by atoms with E-state index in [1.54, 1.807) is 29.6 Å². The van der Waals surface area contributed by atoms with Gasteiger partial charge in [0.1, 0.15) is 5.82 Å². The van der Waals surface area contributed by atoms with Gasteiger partial charge in [-0.3, -0.25) is 0 Å². The Balaban J connectivity index is 1.76. The molecule has 0 spiro atoms. The fourth-order valence-corrected chi connectivity index (χ4v) is 2.98. The van der Waals surface area contributed by atoms with E-state index in [2.05, 4.69) is 15.4 Å². The van der Waals surface area contributed by atoms with Crippen LogP contribution in [0.1, 0.15) is 12.6 Å². The number of nitrogens with zero attached hydrogens (tertiary/aromatic N) is 3. The quantitative estimate of drug-likeness (QED) is 0.779. The Kier molecular flexibility index (Phi) is 4.52. The molecule has 1 N–H and O–H groups in total. The summed E-state index contributed by atoms with van der Waals surface area (Å²) >= 11 is 1.43. The summed E-state index contributed by atoms with van der Waals surface area (Å²) in [6, 6.07) is 6.41. The molecular formula is C15H15FN4O2S. The number of benzene rings is 1. The van der Waals surface area contributed by atoms with Crippen LogP contribution < -0.4 is 5.32 Å². The van der Waals surface area contributed by atoms with E-state index in [4.69, 9.17) is 4.74 Å². The summed E-state index contributed by atoms with van der Waals surface area (Å²) in [6.07, 6.45) is 0.142. The lowest BCUT2D eigenvalue weighted by Crippen LogP contribution is -2.26. The van der Waals surface area contributed by atoms with Gasteiger partial charge in [-0.25, -0.2) is 13.7 Å². The molecule has 3 rings (SSSR count). The van der Waals surface area contributed by atoms with E-state index in [1.165, 1.54) is 17.4 Å². The summed E-state index contributed by atoms with van der Waals surface area (Å²) in [5, 5.41) is 8.95. The second-order valence-corrected chi connectivity index (χ2v) is 5.57. The molecule has 0 bridgehead atoms. The summed E-state index contributed by atoms with van der Waals surface area (Å²) in [6.45, 7) is 2.52. The topological polar surface area (TPSA) is 68.5 Å². The number of hydrogen-bond donors (Lipinski definition) is 1. The Labute approximate surface area is 135 Å². The van der Waals surface area contributed by atoms with Gasteiger partial charge in [-0.2, -0.15) is 4.98 Å². The second kappa shape index (κ2) is 6.74. The first-order chi connectivity index (χ1) is 11.2. The van der Waals surface area contributed by atoms with Crippen LogP contribution in [0.15, 0.2) is 29.6 Å². The fraction of sp³-hybridized carbons (Fsp3) is 0.267. The van der Waals surface area contributed by atoms with Crippen LogP contribution in [-0.2, 0) is 11.2 Å². The number of thiazole rings is 1. The molecule has 23 heavy (non-hydrogen) atoms. The van der Waals surface area contributed by atoms with Gasteiger partial charge in [0, 0.05) is 18.3 Å². The van der Waals surface area contributed by atoms with E-state index in [0.29, 0.717) is 35.9 Å². The zero-order valence-corrected chi connectivity index (χ0v) is 13.3. The van der Waals surface area contributed by atoms with Gasteiger partial charge in [0.2, 0.25) is 4.96 Å². The van der Waals surface area contributed by atoms with E-state index in [1.807, 2.05) is 5.38 Å². The third-order valence-electron chi connectivity index (χ3n) is 3.19. The standard InChI is InChI=1S/C15H15FN4O2S/c1-2-22-15(21)17-8-7-10-9-23-14-18-13(19-20(10)14)11-5-3-4-6-12(11)16/h3-6,9H,2,7-8H2,1H3,(H,17,21). The maximum absolute atomic E-state index is 13.8. The molecule has 3 aromatic rings. The van der Waals surface area contributed by atoms with Gasteiger partial charge in [0.25, 0.3) is 0 Å². The molecule has 0 radical (unpaired) electrons. The van der Waals surface area contributed by atoms with Crippen LogP contribution in [0.4, 0.5) is 9.18 Å². The molecule has 0 unspecified atom stereocenters. The number of ether oxygens (including phenoxy) is 1. The van der Waals surface area contributed by atoms with Crippen LogP contribution in [0.5, 0.6) is 0 Å². The van der Waals surface area contributed by atoms with Gasteiger partial charge in [-0.15, -0.1) is 16.4 Å². The number of nitrogens with one attached hydrogen (secondary N) is 1. The van der Waals surface area contributed by atoms with Crippen LogP contribution in [0.3, 0.4) is 0 Å². The molecule has 0 saturated heterocycles. The number of rotatable bonds is 5. The molecule has 1 amide bonds. The highest BCUT2D eigenvalue weighted by Crippen LogP contribution is 2.23. The number of alkyl carbamates (subject to hydrolysis) is 1. The highest BCUT2D eigenvalue weighted by Gasteiger charge is 2.14. The van der Waals surface area contributed by atoms with Crippen LogP contribution in [-0.4, -0.2) is 33.8 Å². The van der Waals surface area contributed by atoms with Crippen LogP contribution >= 0.6 is 11.3 Å². The third kappa shape index (κ3) is 3.31. The number of halogens is 1. The second-order valence-electron chi connectivity index (χ2n) is 4.73. The Bertz CT molecular complexity index is 830. The van der Waals surface area contributed by atoms with Crippen molar-refractivity contribution in [2.24, 2.45) is 0 Å². The number of amides is 1. The summed E-state index contributed by atoms with van der Waals surface area (Å²) in [5.41, 5.74) is 1.27. The zero-order chi connectivity index (χ0) is 16.2. The van der Waals surface area contributed by atoms with Gasteiger partial charge in [0.15, 0.2) is 5.82 Å². The molecule has 120 valence electrons. The van der Waals surface area contributed by atoms with E-state index in [9.17, 15) is 9.18 Å². The van der Waals surface area contributed by atoms with E-state index in [-0.39, 0.29) is 5.82 Å². The number of carbonyl (C=O) groups is 1. The number of aromatic nitrogens is 3. The molecule has 6 nitrogen and oxygen atoms in total. The molecule has 1 aromatic carbocycles. The summed E-state index contributed by atoms with van der Waals surface area (Å²) in [7, 11) is 0. The molecule has 2 heterocycles. The molecule has 8 heteroatoms. The largest absolute Gasteiger partial charge is 0.450 e. The predicted octanol–water partition coefficient (Wildman–Crippen LogP) is 2.89. The monoisotopic (exact) mass is 334 g/mol. The first kappa shape index (κ1) is 15.4. The Morgan fingerprint density at radius 1 is 1.43 bits per heavy atom. The number of fused-ring (bicyclic) bond motifs is 1. The lowest BCUT2D eigenvalue weighted by molar-refractivity contribution is 0.152. The normalized spacial score (nSPS) is 10.9. The first-order valence-corrected chi connectivity index (χ1v) is 8.05. The van der Waals surface area contributed by atoms with E-state index < -0.39 is 6.09 Å². The van der Waals surface area contributed by atoms with Gasteiger partial charge in [-0.05, 0) is 19.1 Å². The lowest BCUT2D eigenvalue weighted by Gasteiger charge is -2.04. The minimum Gasteiger partial charge on any atom is -0.450 e. The van der Waals surface area contributed by atoms with E-state index >= 15 is 0 Å².